The molecule has 0 unspecified atom stereocenters. The maximum Gasteiger partial charge on any atom is 0.416 e. The van der Waals surface area contributed by atoms with Crippen molar-refractivity contribution in [2.75, 3.05) is 0 Å². The number of hydrogen-bond donors (Lipinski definition) is 0. The molecule has 0 N–H and O–H groups in total. The number of fused-ring (bicyclic) bond motifs is 1. The first kappa shape index (κ1) is 15.1. The minimum Gasteiger partial charge on any atom is -0.294 e. The van der Waals surface area contributed by atoms with Crippen LogP contribution in [0.1, 0.15) is 21.5 Å². The Morgan fingerprint density at radius 3 is 2.61 bits per heavy atom. The minimum atomic E-state index is -4.48. The molecule has 0 spiro atoms. The van der Waals surface area contributed by atoms with Gasteiger partial charge in [-0.05, 0) is 29.8 Å². The van der Waals surface area contributed by atoms with E-state index in [9.17, 15) is 18.0 Å². The second-order valence-electron chi connectivity index (χ2n) is 5.03. The lowest BCUT2D eigenvalue weighted by molar-refractivity contribution is -0.138. The molecule has 0 aliphatic heterocycles. The average Bonchev–Trinajstić information content (AvgIpc) is 2.54. The SMILES string of the molecule is O=C(Cc1ccccc1C(F)(F)F)c1cnc2ncccc2c1. The normalized spacial score (nSPS) is 11.6. The number of aromatic nitrogens is 2. The summed E-state index contributed by atoms with van der Waals surface area (Å²) >= 11 is 0. The van der Waals surface area contributed by atoms with Crippen molar-refractivity contribution in [2.45, 2.75) is 12.6 Å². The van der Waals surface area contributed by atoms with Gasteiger partial charge in [-0.2, -0.15) is 13.2 Å². The molecular formula is C17H11F3N2O. The smallest absolute Gasteiger partial charge is 0.294 e. The summed E-state index contributed by atoms with van der Waals surface area (Å²) in [5.41, 5.74) is -0.0812. The second-order valence-corrected chi connectivity index (χ2v) is 5.03. The van der Waals surface area contributed by atoms with E-state index < -0.39 is 17.5 Å². The van der Waals surface area contributed by atoms with Gasteiger partial charge in [0, 0.05) is 29.8 Å². The van der Waals surface area contributed by atoms with Crippen molar-refractivity contribution in [2.24, 2.45) is 0 Å². The second kappa shape index (κ2) is 5.79. The van der Waals surface area contributed by atoms with Crippen LogP contribution in [0.25, 0.3) is 11.0 Å². The first-order valence-corrected chi connectivity index (χ1v) is 6.84. The van der Waals surface area contributed by atoms with Crippen molar-refractivity contribution in [1.82, 2.24) is 9.97 Å². The number of hydrogen-bond acceptors (Lipinski definition) is 3. The summed E-state index contributed by atoms with van der Waals surface area (Å²) in [4.78, 5) is 20.4. The summed E-state index contributed by atoms with van der Waals surface area (Å²) in [6, 6.07) is 10.1. The molecular weight excluding hydrogens is 305 g/mol. The molecule has 23 heavy (non-hydrogen) atoms. The molecule has 116 valence electrons. The lowest BCUT2D eigenvalue weighted by atomic mass is 9.99. The lowest BCUT2D eigenvalue weighted by Gasteiger charge is -2.12. The Morgan fingerprint density at radius 1 is 1.04 bits per heavy atom. The Bertz CT molecular complexity index is 875. The highest BCUT2D eigenvalue weighted by molar-refractivity contribution is 5.99. The maximum atomic E-state index is 13.0. The van der Waals surface area contributed by atoms with Gasteiger partial charge >= 0.3 is 6.18 Å². The van der Waals surface area contributed by atoms with E-state index in [-0.39, 0.29) is 17.5 Å². The van der Waals surface area contributed by atoms with Crippen LogP contribution < -0.4 is 0 Å². The minimum absolute atomic E-state index is 0.0451. The molecule has 0 bridgehead atoms. The zero-order valence-electron chi connectivity index (χ0n) is 11.8. The quantitative estimate of drug-likeness (QED) is 0.684. The molecule has 0 amide bonds. The van der Waals surface area contributed by atoms with Crippen molar-refractivity contribution >= 4 is 16.8 Å². The fraction of sp³-hybridized carbons (Fsp3) is 0.118. The number of carbonyl (C=O) groups excluding carboxylic acids is 1. The van der Waals surface area contributed by atoms with E-state index in [2.05, 4.69) is 9.97 Å². The van der Waals surface area contributed by atoms with Crippen molar-refractivity contribution in [3.8, 4) is 0 Å². The topological polar surface area (TPSA) is 42.9 Å². The Balaban J connectivity index is 1.92. The fourth-order valence-corrected chi connectivity index (χ4v) is 2.34. The standard InChI is InChI=1S/C17H11F3N2O/c18-17(19,20)14-6-2-1-4-11(14)9-15(23)13-8-12-5-3-7-21-16(12)22-10-13/h1-8,10H,9H2. The van der Waals surface area contributed by atoms with Crippen molar-refractivity contribution in [1.29, 1.82) is 0 Å². The zero-order chi connectivity index (χ0) is 16.4. The third-order valence-electron chi connectivity index (χ3n) is 3.45. The Labute approximate surface area is 129 Å². The van der Waals surface area contributed by atoms with Gasteiger partial charge in [0.15, 0.2) is 11.4 Å². The number of Topliss-reactive ketones (excluding diaryl/α,β-unsaturated/α-hetero) is 1. The highest BCUT2D eigenvalue weighted by atomic mass is 19.4. The van der Waals surface area contributed by atoms with E-state index in [0.717, 1.165) is 6.07 Å². The van der Waals surface area contributed by atoms with Gasteiger partial charge in [-0.25, -0.2) is 9.97 Å². The van der Waals surface area contributed by atoms with Gasteiger partial charge in [0.25, 0.3) is 0 Å². The summed E-state index contributed by atoms with van der Waals surface area (Å²) in [5.74, 6) is -0.417. The highest BCUT2D eigenvalue weighted by Gasteiger charge is 2.33. The summed E-state index contributed by atoms with van der Waals surface area (Å²) in [6.45, 7) is 0. The molecule has 3 nitrogen and oxygen atoms in total. The Morgan fingerprint density at radius 2 is 1.83 bits per heavy atom. The van der Waals surface area contributed by atoms with Crippen LogP contribution in [-0.2, 0) is 12.6 Å². The fourth-order valence-electron chi connectivity index (χ4n) is 2.34. The van der Waals surface area contributed by atoms with Crippen LogP contribution in [0.15, 0.2) is 54.9 Å². The molecule has 0 aliphatic rings. The molecule has 0 aliphatic carbocycles. The van der Waals surface area contributed by atoms with E-state index >= 15 is 0 Å². The van der Waals surface area contributed by atoms with Crippen molar-refractivity contribution in [3.05, 3.63) is 71.5 Å². The molecule has 6 heteroatoms. The molecule has 1 aromatic carbocycles. The monoisotopic (exact) mass is 316 g/mol. The van der Waals surface area contributed by atoms with Crippen molar-refractivity contribution < 1.29 is 18.0 Å². The van der Waals surface area contributed by atoms with E-state index in [1.165, 1.54) is 24.4 Å². The molecule has 3 aromatic rings. The van der Waals surface area contributed by atoms with Crippen LogP contribution in [0.3, 0.4) is 0 Å². The lowest BCUT2D eigenvalue weighted by Crippen LogP contribution is -2.12. The molecule has 2 heterocycles. The molecule has 3 rings (SSSR count). The van der Waals surface area contributed by atoms with Crippen LogP contribution in [0, 0.1) is 0 Å². The van der Waals surface area contributed by atoms with Crippen molar-refractivity contribution in [3.63, 3.8) is 0 Å². The van der Waals surface area contributed by atoms with Gasteiger partial charge in [-0.15, -0.1) is 0 Å². The number of benzene rings is 1. The predicted molar refractivity (Wildman–Crippen MR) is 79.0 cm³/mol. The van der Waals surface area contributed by atoms with Crippen LogP contribution in [-0.4, -0.2) is 15.8 Å². The number of nitrogens with zero attached hydrogens (tertiary/aromatic N) is 2. The molecule has 0 fully saturated rings. The van der Waals surface area contributed by atoms with Gasteiger partial charge in [0.05, 0.1) is 5.56 Å². The van der Waals surface area contributed by atoms with E-state index in [0.29, 0.717) is 11.0 Å². The molecule has 0 radical (unpaired) electrons. The van der Waals surface area contributed by atoms with E-state index in [4.69, 9.17) is 0 Å². The van der Waals surface area contributed by atoms with Gasteiger partial charge < -0.3 is 0 Å². The number of rotatable bonds is 3. The third kappa shape index (κ3) is 3.21. The van der Waals surface area contributed by atoms with Crippen LogP contribution >= 0.6 is 0 Å². The number of pyridine rings is 2. The van der Waals surface area contributed by atoms with E-state index in [1.54, 1.807) is 24.4 Å². The van der Waals surface area contributed by atoms with Crippen LogP contribution in [0.5, 0.6) is 0 Å². The average molecular weight is 316 g/mol. The summed E-state index contributed by atoms with van der Waals surface area (Å²) < 4.78 is 38.9. The number of ketones is 1. The first-order valence-electron chi connectivity index (χ1n) is 6.84. The molecule has 0 atom stereocenters. The number of halogens is 3. The zero-order valence-corrected chi connectivity index (χ0v) is 11.8. The number of carbonyl (C=O) groups is 1. The Hall–Kier alpha value is -2.76. The Kier molecular flexibility index (Phi) is 3.82. The predicted octanol–water partition coefficient (Wildman–Crippen LogP) is 4.07. The number of alkyl halides is 3. The van der Waals surface area contributed by atoms with Crippen LogP contribution in [0.4, 0.5) is 13.2 Å². The van der Waals surface area contributed by atoms with Gasteiger partial charge in [-0.3, -0.25) is 4.79 Å². The summed E-state index contributed by atoms with van der Waals surface area (Å²) in [6.07, 6.45) is -1.89. The largest absolute Gasteiger partial charge is 0.416 e. The van der Waals surface area contributed by atoms with E-state index in [1.807, 2.05) is 0 Å². The summed E-state index contributed by atoms with van der Waals surface area (Å²) in [5, 5.41) is 0.669. The van der Waals surface area contributed by atoms with Gasteiger partial charge in [0.2, 0.25) is 0 Å². The molecule has 2 aromatic heterocycles. The van der Waals surface area contributed by atoms with Gasteiger partial charge in [0.1, 0.15) is 0 Å². The first-order chi connectivity index (χ1) is 10.9. The highest BCUT2D eigenvalue weighted by Crippen LogP contribution is 2.32. The molecule has 0 saturated heterocycles. The molecule has 0 saturated carbocycles. The summed E-state index contributed by atoms with van der Waals surface area (Å²) in [7, 11) is 0. The van der Waals surface area contributed by atoms with Gasteiger partial charge in [-0.1, -0.05) is 18.2 Å². The third-order valence-corrected chi connectivity index (χ3v) is 3.45. The van der Waals surface area contributed by atoms with Crippen LogP contribution in [0.2, 0.25) is 0 Å². The maximum absolute atomic E-state index is 13.0.